The molecule has 2 atom stereocenters. The molecule has 0 aliphatic carbocycles. The van der Waals surface area contributed by atoms with Crippen molar-refractivity contribution in [1.82, 2.24) is 4.72 Å². The standard InChI is InChI=1S/C13H20N2OS2/c1-9(2)12(15-18(16)13(3,4)5)11-6-10(7-14)8-17-11/h6,8-9,12,15H,1-5H3/t12-,18+/m1/s1. The minimum atomic E-state index is -1.11. The van der Waals surface area contributed by atoms with Crippen molar-refractivity contribution in [2.45, 2.75) is 45.4 Å². The molecule has 1 heterocycles. The Morgan fingerprint density at radius 2 is 2.06 bits per heavy atom. The van der Waals surface area contributed by atoms with E-state index in [1.807, 2.05) is 32.2 Å². The van der Waals surface area contributed by atoms with Crippen molar-refractivity contribution in [1.29, 1.82) is 5.26 Å². The third-order valence-corrected chi connectivity index (χ3v) is 5.11. The molecule has 0 saturated heterocycles. The maximum atomic E-state index is 12.2. The van der Waals surface area contributed by atoms with Crippen LogP contribution in [0.3, 0.4) is 0 Å². The molecule has 3 nitrogen and oxygen atoms in total. The first kappa shape index (κ1) is 15.5. The van der Waals surface area contributed by atoms with Crippen LogP contribution in [0.25, 0.3) is 0 Å². The highest BCUT2D eigenvalue weighted by Gasteiger charge is 2.31. The lowest BCUT2D eigenvalue weighted by Gasteiger charge is -2.29. The van der Waals surface area contributed by atoms with Crippen LogP contribution >= 0.6 is 11.3 Å². The number of hydrogen-bond donors (Lipinski definition) is 1. The van der Waals surface area contributed by atoms with Gasteiger partial charge in [0.05, 0.1) is 11.6 Å². The topological polar surface area (TPSA) is 58.9 Å². The zero-order valence-electron chi connectivity index (χ0n) is 11.5. The van der Waals surface area contributed by atoms with Crippen molar-refractivity contribution < 1.29 is 4.55 Å². The molecule has 1 aromatic heterocycles. The summed E-state index contributed by atoms with van der Waals surface area (Å²) in [4.78, 5) is 1.07. The molecular formula is C13H20N2OS2. The van der Waals surface area contributed by atoms with Crippen molar-refractivity contribution >= 4 is 22.7 Å². The van der Waals surface area contributed by atoms with Crippen LogP contribution in [0, 0.1) is 17.2 Å². The summed E-state index contributed by atoms with van der Waals surface area (Å²) in [7, 11) is 0. The number of nitriles is 1. The lowest BCUT2D eigenvalue weighted by molar-refractivity contribution is 0.457. The van der Waals surface area contributed by atoms with Gasteiger partial charge in [0.2, 0.25) is 0 Å². The Kier molecular flexibility index (Phi) is 5.23. The Morgan fingerprint density at radius 1 is 1.44 bits per heavy atom. The summed E-state index contributed by atoms with van der Waals surface area (Å²) in [5.41, 5.74) is 0.670. The van der Waals surface area contributed by atoms with Crippen LogP contribution in [0.5, 0.6) is 0 Å². The third kappa shape index (κ3) is 3.99. The highest BCUT2D eigenvalue weighted by atomic mass is 32.2. The number of nitrogens with one attached hydrogen (secondary N) is 1. The van der Waals surface area contributed by atoms with Gasteiger partial charge in [0, 0.05) is 21.6 Å². The van der Waals surface area contributed by atoms with Gasteiger partial charge in [-0.15, -0.1) is 16.1 Å². The third-order valence-electron chi connectivity index (χ3n) is 2.51. The van der Waals surface area contributed by atoms with Crippen LogP contribution in [0.2, 0.25) is 0 Å². The summed E-state index contributed by atoms with van der Waals surface area (Å²) < 4.78 is 15.1. The molecule has 1 rings (SSSR count). The molecule has 1 N–H and O–H groups in total. The van der Waals surface area contributed by atoms with E-state index < -0.39 is 11.4 Å². The van der Waals surface area contributed by atoms with Crippen molar-refractivity contribution in [3.63, 3.8) is 0 Å². The maximum absolute atomic E-state index is 12.2. The molecule has 100 valence electrons. The fourth-order valence-corrected chi connectivity index (χ4v) is 3.50. The average molecular weight is 284 g/mol. The Balaban J connectivity index is 2.88. The second-order valence-corrected chi connectivity index (χ2v) is 8.51. The lowest BCUT2D eigenvalue weighted by atomic mass is 10.0. The predicted octanol–water partition coefficient (Wildman–Crippen LogP) is 3.37. The number of nitrogens with zero attached hydrogens (tertiary/aromatic N) is 1. The molecule has 0 fully saturated rings. The minimum absolute atomic E-state index is 0.0251. The van der Waals surface area contributed by atoms with E-state index in [9.17, 15) is 4.55 Å². The number of rotatable bonds is 4. The van der Waals surface area contributed by atoms with Crippen molar-refractivity contribution in [3.8, 4) is 6.07 Å². The molecule has 0 saturated carbocycles. The van der Waals surface area contributed by atoms with E-state index in [1.54, 1.807) is 11.3 Å². The molecule has 0 bridgehead atoms. The highest BCUT2D eigenvalue weighted by Crippen LogP contribution is 2.30. The zero-order chi connectivity index (χ0) is 13.9. The number of hydrogen-bond acceptors (Lipinski definition) is 4. The van der Waals surface area contributed by atoms with Gasteiger partial charge in [-0.2, -0.15) is 5.26 Å². The molecule has 1 aromatic rings. The Labute approximate surface area is 117 Å². The van der Waals surface area contributed by atoms with Crippen molar-refractivity contribution in [2.75, 3.05) is 0 Å². The van der Waals surface area contributed by atoms with E-state index in [2.05, 4.69) is 24.6 Å². The summed E-state index contributed by atoms with van der Waals surface area (Å²) in [6.45, 7) is 10.0. The van der Waals surface area contributed by atoms with Crippen molar-refractivity contribution in [2.24, 2.45) is 5.92 Å². The van der Waals surface area contributed by atoms with Gasteiger partial charge in [-0.05, 0) is 32.8 Å². The summed E-state index contributed by atoms with van der Waals surface area (Å²) in [6, 6.07) is 4.03. The van der Waals surface area contributed by atoms with Crippen LogP contribution in [0.1, 0.15) is 51.1 Å². The summed E-state index contributed by atoms with van der Waals surface area (Å²) in [5, 5.41) is 10.7. The molecular weight excluding hydrogens is 264 g/mol. The van der Waals surface area contributed by atoms with E-state index in [0.717, 1.165) is 4.88 Å². The lowest BCUT2D eigenvalue weighted by Crippen LogP contribution is -2.42. The van der Waals surface area contributed by atoms with Gasteiger partial charge in [-0.1, -0.05) is 13.8 Å². The second kappa shape index (κ2) is 6.07. The molecule has 0 aliphatic heterocycles. The molecule has 0 radical (unpaired) electrons. The summed E-state index contributed by atoms with van der Waals surface area (Å²) >= 11 is 0.436. The van der Waals surface area contributed by atoms with E-state index in [1.165, 1.54) is 0 Å². The molecule has 5 heteroatoms. The van der Waals surface area contributed by atoms with Gasteiger partial charge < -0.3 is 4.55 Å². The first-order valence-corrected chi connectivity index (χ1v) is 7.95. The molecule has 0 spiro atoms. The Bertz CT molecular complexity index is 429. The van der Waals surface area contributed by atoms with E-state index in [-0.39, 0.29) is 10.8 Å². The first-order chi connectivity index (χ1) is 8.25. The first-order valence-electron chi connectivity index (χ1n) is 5.92. The monoisotopic (exact) mass is 284 g/mol. The largest absolute Gasteiger partial charge is 0.598 e. The van der Waals surface area contributed by atoms with Crippen LogP contribution in [0.15, 0.2) is 11.4 Å². The minimum Gasteiger partial charge on any atom is -0.598 e. The average Bonchev–Trinajstić information content (AvgIpc) is 2.71. The van der Waals surface area contributed by atoms with E-state index in [0.29, 0.717) is 11.5 Å². The summed E-state index contributed by atoms with van der Waals surface area (Å²) in [5.74, 6) is 0.321. The molecule has 0 amide bonds. The van der Waals surface area contributed by atoms with Crippen LogP contribution in [-0.2, 0) is 11.4 Å². The van der Waals surface area contributed by atoms with Crippen LogP contribution in [0.4, 0.5) is 0 Å². The van der Waals surface area contributed by atoms with Gasteiger partial charge in [0.1, 0.15) is 10.8 Å². The highest BCUT2D eigenvalue weighted by molar-refractivity contribution is 7.90. The quantitative estimate of drug-likeness (QED) is 0.862. The molecule has 0 unspecified atom stereocenters. The predicted molar refractivity (Wildman–Crippen MR) is 77.6 cm³/mol. The van der Waals surface area contributed by atoms with Crippen LogP contribution < -0.4 is 4.72 Å². The van der Waals surface area contributed by atoms with Gasteiger partial charge >= 0.3 is 0 Å². The van der Waals surface area contributed by atoms with Gasteiger partial charge in [0.15, 0.2) is 0 Å². The van der Waals surface area contributed by atoms with Crippen LogP contribution in [-0.4, -0.2) is 9.30 Å². The molecule has 0 aromatic carbocycles. The van der Waals surface area contributed by atoms with E-state index >= 15 is 0 Å². The fourth-order valence-electron chi connectivity index (χ4n) is 1.39. The Hall–Kier alpha value is -0.540. The SMILES string of the molecule is CC(C)[C@@H](N[S@@+]([O-])C(C)(C)C)c1cc(C#N)cs1. The van der Waals surface area contributed by atoms with Crippen molar-refractivity contribution in [3.05, 3.63) is 21.9 Å². The molecule has 18 heavy (non-hydrogen) atoms. The van der Waals surface area contributed by atoms with Gasteiger partial charge in [0.25, 0.3) is 0 Å². The Morgan fingerprint density at radius 3 is 2.44 bits per heavy atom. The van der Waals surface area contributed by atoms with Gasteiger partial charge in [-0.3, -0.25) is 0 Å². The normalized spacial score (nSPS) is 15.4. The number of thiophene rings is 1. The summed E-state index contributed by atoms with van der Waals surface area (Å²) in [6.07, 6.45) is 0. The second-order valence-electron chi connectivity index (χ2n) is 5.57. The smallest absolute Gasteiger partial charge is 0.136 e. The van der Waals surface area contributed by atoms with E-state index in [4.69, 9.17) is 5.26 Å². The zero-order valence-corrected chi connectivity index (χ0v) is 13.1. The molecule has 0 aliphatic rings. The fraction of sp³-hybridized carbons (Fsp3) is 0.615. The van der Waals surface area contributed by atoms with Gasteiger partial charge in [-0.25, -0.2) is 0 Å². The maximum Gasteiger partial charge on any atom is 0.136 e.